The summed E-state index contributed by atoms with van der Waals surface area (Å²) in [6, 6.07) is 0. The maximum atomic E-state index is 7.17. The van der Waals surface area contributed by atoms with Crippen LogP contribution in [0.1, 0.15) is 20.3 Å². The van der Waals surface area contributed by atoms with Gasteiger partial charge in [0.25, 0.3) is 0 Å². The van der Waals surface area contributed by atoms with Crippen LogP contribution in [0, 0.1) is 5.92 Å². The zero-order valence-electron chi connectivity index (χ0n) is 6.29. The molecule has 0 heterocycles. The maximum Gasteiger partial charge on any atom is 0.631 e. The van der Waals surface area contributed by atoms with E-state index in [0.717, 1.165) is 18.2 Å². The third kappa shape index (κ3) is 41.2. The Kier molecular flexibility index (Phi) is 11.9. The summed E-state index contributed by atoms with van der Waals surface area (Å²) in [7, 11) is -2.17. The molecule has 5 heteroatoms. The van der Waals surface area contributed by atoms with Gasteiger partial charge in [-0.1, -0.05) is 13.8 Å². The van der Waals surface area contributed by atoms with Crippen LogP contribution < -0.4 is 0 Å². The highest BCUT2D eigenvalue weighted by Gasteiger charge is 1.92. The predicted octanol–water partition coefficient (Wildman–Crippen LogP) is 0.219. The quantitative estimate of drug-likeness (QED) is 0.408. The first-order valence-corrected chi connectivity index (χ1v) is 3.64. The number of halogens is 1. The van der Waals surface area contributed by atoms with Crippen molar-refractivity contribution < 1.29 is 15.1 Å². The minimum atomic E-state index is -2.17. The Morgan fingerprint density at radius 3 is 1.60 bits per heavy atom. The number of rotatable bonds is 2. The number of hydrogen-bond acceptors (Lipinski definition) is 3. The molecule has 0 rings (SSSR count). The van der Waals surface area contributed by atoms with Crippen LogP contribution in [0.3, 0.4) is 0 Å². The van der Waals surface area contributed by atoms with Crippen molar-refractivity contribution in [3.05, 3.63) is 0 Å². The molecule has 0 aliphatic carbocycles. The van der Waals surface area contributed by atoms with Gasteiger partial charge in [-0.15, -0.1) is 11.6 Å². The molecule has 0 aromatic rings. The molecule has 0 saturated carbocycles. The first-order chi connectivity index (χ1) is 4.50. The van der Waals surface area contributed by atoms with E-state index in [1.165, 1.54) is 0 Å². The van der Waals surface area contributed by atoms with Gasteiger partial charge in [0.05, 0.1) is 0 Å². The van der Waals surface area contributed by atoms with Crippen molar-refractivity contribution in [1.82, 2.24) is 0 Å². The van der Waals surface area contributed by atoms with Crippen LogP contribution in [-0.4, -0.2) is 28.3 Å². The average Bonchev–Trinajstić information content (AvgIpc) is 1.62. The fourth-order valence-electron chi connectivity index (χ4n) is 0.218. The van der Waals surface area contributed by atoms with Crippen LogP contribution in [0.4, 0.5) is 0 Å². The standard InChI is InChI=1S/C5H11Cl.BH3O3/c1-5(2)3-4-6;2-1(3)4/h5H,3-4H2,1-2H3;2-4H. The van der Waals surface area contributed by atoms with Gasteiger partial charge in [-0.3, -0.25) is 0 Å². The van der Waals surface area contributed by atoms with Crippen LogP contribution in [-0.2, 0) is 0 Å². The number of alkyl halides is 1. The normalized spacial score (nSPS) is 8.70. The first kappa shape index (κ1) is 12.9. The Hall–Kier alpha value is 0.235. The van der Waals surface area contributed by atoms with Crippen molar-refractivity contribution in [1.29, 1.82) is 0 Å². The molecule has 10 heavy (non-hydrogen) atoms. The van der Waals surface area contributed by atoms with Crippen LogP contribution in [0.2, 0.25) is 0 Å². The van der Waals surface area contributed by atoms with Crippen LogP contribution in [0.15, 0.2) is 0 Å². The topological polar surface area (TPSA) is 60.7 Å². The Labute approximate surface area is 66.8 Å². The summed E-state index contributed by atoms with van der Waals surface area (Å²) in [5.74, 6) is 1.57. The zero-order chi connectivity index (χ0) is 8.57. The molecule has 62 valence electrons. The fraction of sp³-hybridized carbons (Fsp3) is 1.00. The second-order valence-electron chi connectivity index (χ2n) is 2.22. The SMILES string of the molecule is CC(C)CCCl.OB(O)O. The lowest BCUT2D eigenvalue weighted by Gasteiger charge is -1.94. The molecule has 0 atom stereocenters. The largest absolute Gasteiger partial charge is 0.631 e. The van der Waals surface area contributed by atoms with Crippen LogP contribution in [0.25, 0.3) is 0 Å². The van der Waals surface area contributed by atoms with E-state index < -0.39 is 7.32 Å². The molecule has 0 saturated heterocycles. The Morgan fingerprint density at radius 2 is 1.60 bits per heavy atom. The maximum absolute atomic E-state index is 7.17. The van der Waals surface area contributed by atoms with Gasteiger partial charge in [0.2, 0.25) is 0 Å². The van der Waals surface area contributed by atoms with E-state index in [0.29, 0.717) is 0 Å². The van der Waals surface area contributed by atoms with Crippen molar-refractivity contribution in [2.24, 2.45) is 5.92 Å². The molecule has 0 amide bonds. The third-order valence-corrected chi connectivity index (χ3v) is 0.905. The predicted molar refractivity (Wildman–Crippen MR) is 42.6 cm³/mol. The summed E-state index contributed by atoms with van der Waals surface area (Å²) in [5.41, 5.74) is 0. The minimum absolute atomic E-state index is 0.766. The van der Waals surface area contributed by atoms with Crippen molar-refractivity contribution >= 4 is 18.9 Å². The van der Waals surface area contributed by atoms with Gasteiger partial charge >= 0.3 is 7.32 Å². The van der Waals surface area contributed by atoms with E-state index in [4.69, 9.17) is 26.7 Å². The van der Waals surface area contributed by atoms with Gasteiger partial charge in [0.15, 0.2) is 0 Å². The smallest absolute Gasteiger partial charge is 0.402 e. The molecular formula is C5H14BClO3. The van der Waals surface area contributed by atoms with Gasteiger partial charge in [-0.25, -0.2) is 0 Å². The highest BCUT2D eigenvalue weighted by molar-refractivity contribution is 6.30. The molecule has 0 aliphatic rings. The van der Waals surface area contributed by atoms with Gasteiger partial charge in [0.1, 0.15) is 0 Å². The molecule has 3 nitrogen and oxygen atoms in total. The van der Waals surface area contributed by atoms with Gasteiger partial charge < -0.3 is 15.1 Å². The Balaban J connectivity index is 0. The summed E-state index contributed by atoms with van der Waals surface area (Å²) < 4.78 is 0. The van der Waals surface area contributed by atoms with Crippen LogP contribution >= 0.6 is 11.6 Å². The molecule has 0 fully saturated rings. The molecular weight excluding hydrogens is 154 g/mol. The zero-order valence-corrected chi connectivity index (χ0v) is 7.04. The highest BCUT2D eigenvalue weighted by Crippen LogP contribution is 1.98. The summed E-state index contributed by atoms with van der Waals surface area (Å²) in [6.07, 6.45) is 1.14. The highest BCUT2D eigenvalue weighted by atomic mass is 35.5. The monoisotopic (exact) mass is 168 g/mol. The lowest BCUT2D eigenvalue weighted by atomic mass is 10.2. The number of hydrogen-bond donors (Lipinski definition) is 3. The van der Waals surface area contributed by atoms with E-state index >= 15 is 0 Å². The molecule has 0 aromatic heterocycles. The van der Waals surface area contributed by atoms with Crippen molar-refractivity contribution in [3.63, 3.8) is 0 Å². The Morgan fingerprint density at radius 1 is 1.30 bits per heavy atom. The molecule has 0 aliphatic heterocycles. The fourth-order valence-corrected chi connectivity index (χ4v) is 0.655. The Bertz CT molecular complexity index is 58.1. The summed E-state index contributed by atoms with van der Waals surface area (Å²) in [5, 5.41) is 21.5. The molecule has 0 spiro atoms. The van der Waals surface area contributed by atoms with E-state index in [-0.39, 0.29) is 0 Å². The molecule has 0 unspecified atom stereocenters. The minimum Gasteiger partial charge on any atom is -0.402 e. The van der Waals surface area contributed by atoms with Crippen molar-refractivity contribution in [2.45, 2.75) is 20.3 Å². The second kappa shape index (κ2) is 9.23. The lowest BCUT2D eigenvalue weighted by molar-refractivity contribution is 0.278. The summed E-state index contributed by atoms with van der Waals surface area (Å²) in [4.78, 5) is 0. The summed E-state index contributed by atoms with van der Waals surface area (Å²) in [6.45, 7) is 4.34. The van der Waals surface area contributed by atoms with E-state index in [2.05, 4.69) is 13.8 Å². The van der Waals surface area contributed by atoms with Gasteiger partial charge in [-0.2, -0.15) is 0 Å². The molecule has 3 N–H and O–H groups in total. The first-order valence-electron chi connectivity index (χ1n) is 3.10. The van der Waals surface area contributed by atoms with Gasteiger partial charge in [0, 0.05) is 5.88 Å². The molecule has 0 bridgehead atoms. The summed E-state index contributed by atoms with van der Waals surface area (Å²) >= 11 is 5.40. The van der Waals surface area contributed by atoms with Gasteiger partial charge in [-0.05, 0) is 12.3 Å². The van der Waals surface area contributed by atoms with Crippen molar-refractivity contribution in [3.8, 4) is 0 Å². The van der Waals surface area contributed by atoms with E-state index in [1.54, 1.807) is 0 Å². The van der Waals surface area contributed by atoms with Crippen molar-refractivity contribution in [2.75, 3.05) is 5.88 Å². The average molecular weight is 168 g/mol. The third-order valence-electron chi connectivity index (χ3n) is 0.686. The lowest BCUT2D eigenvalue weighted by Crippen LogP contribution is -2.07. The molecule has 0 aromatic carbocycles. The van der Waals surface area contributed by atoms with Crippen LogP contribution in [0.5, 0.6) is 0 Å². The van der Waals surface area contributed by atoms with E-state index in [1.807, 2.05) is 0 Å². The molecule has 0 radical (unpaired) electrons. The van der Waals surface area contributed by atoms with E-state index in [9.17, 15) is 0 Å². The second-order valence-corrected chi connectivity index (χ2v) is 2.60.